The zero-order chi connectivity index (χ0) is 20.0. The third kappa shape index (κ3) is 22.9. The highest BCUT2D eigenvalue weighted by atomic mass is 16.5. The first-order valence-corrected chi connectivity index (χ1v) is 11.5. The lowest BCUT2D eigenvalue weighted by Gasteiger charge is -2.04. The number of hydrogen-bond donors (Lipinski definition) is 1. The topological polar surface area (TPSA) is 63.6 Å². The summed E-state index contributed by atoms with van der Waals surface area (Å²) in [5.74, 6) is -1.20. The first kappa shape index (κ1) is 25.9. The molecule has 0 aromatic carbocycles. The van der Waals surface area contributed by atoms with Crippen LogP contribution in [0, 0.1) is 0 Å². The fourth-order valence-corrected chi connectivity index (χ4v) is 3.32. The zero-order valence-corrected chi connectivity index (χ0v) is 17.8. The molecular weight excluding hydrogens is 340 g/mol. The molecule has 0 unspecified atom stereocenters. The van der Waals surface area contributed by atoms with Gasteiger partial charge in [-0.1, -0.05) is 110 Å². The molecule has 0 saturated carbocycles. The van der Waals surface area contributed by atoms with Crippen LogP contribution in [0.25, 0.3) is 0 Å². The van der Waals surface area contributed by atoms with Gasteiger partial charge in [0.15, 0.2) is 0 Å². The van der Waals surface area contributed by atoms with Crippen LogP contribution in [0.2, 0.25) is 0 Å². The second-order valence-corrected chi connectivity index (χ2v) is 7.77. The Labute approximate surface area is 167 Å². The van der Waals surface area contributed by atoms with Crippen LogP contribution in [0.3, 0.4) is 0 Å². The lowest BCUT2D eigenvalue weighted by atomic mass is 10.0. The van der Waals surface area contributed by atoms with E-state index in [1.165, 1.54) is 96.3 Å². The van der Waals surface area contributed by atoms with Gasteiger partial charge in [-0.05, 0) is 6.42 Å². The fraction of sp³-hybridized carbons (Fsp3) is 0.913. The van der Waals surface area contributed by atoms with Gasteiger partial charge in [0.25, 0.3) is 0 Å². The van der Waals surface area contributed by atoms with Crippen molar-refractivity contribution in [2.75, 3.05) is 6.61 Å². The highest BCUT2D eigenvalue weighted by molar-refractivity contribution is 5.70. The molecule has 0 saturated heterocycles. The van der Waals surface area contributed by atoms with Crippen molar-refractivity contribution in [3.8, 4) is 0 Å². The number of esters is 1. The highest BCUT2D eigenvalue weighted by Gasteiger charge is 2.04. The monoisotopic (exact) mass is 384 g/mol. The van der Waals surface area contributed by atoms with Crippen LogP contribution in [0.1, 0.15) is 129 Å². The maximum absolute atomic E-state index is 11.4. The Bertz CT molecular complexity index is 341. The van der Waals surface area contributed by atoms with Crippen LogP contribution in [0.15, 0.2) is 0 Å². The number of rotatable bonds is 21. The molecule has 0 fully saturated rings. The van der Waals surface area contributed by atoms with E-state index in [9.17, 15) is 9.59 Å². The molecule has 0 aromatic heterocycles. The van der Waals surface area contributed by atoms with Crippen molar-refractivity contribution in [3.05, 3.63) is 0 Å². The third-order valence-corrected chi connectivity index (χ3v) is 5.06. The van der Waals surface area contributed by atoms with Crippen LogP contribution in [-0.2, 0) is 14.3 Å². The molecule has 0 amide bonds. The van der Waals surface area contributed by atoms with E-state index in [0.717, 1.165) is 12.8 Å². The van der Waals surface area contributed by atoms with Gasteiger partial charge in [-0.15, -0.1) is 0 Å². The van der Waals surface area contributed by atoms with Gasteiger partial charge in [-0.2, -0.15) is 0 Å². The number of carboxylic acids is 1. The van der Waals surface area contributed by atoms with Crippen molar-refractivity contribution in [2.24, 2.45) is 0 Å². The molecule has 4 heteroatoms. The molecule has 0 aliphatic rings. The van der Waals surface area contributed by atoms with Gasteiger partial charge in [0.05, 0.1) is 6.42 Å². The van der Waals surface area contributed by atoms with Crippen molar-refractivity contribution in [3.63, 3.8) is 0 Å². The number of unbranched alkanes of at least 4 members (excludes halogenated alkanes) is 16. The summed E-state index contributed by atoms with van der Waals surface area (Å²) in [6.07, 6.45) is 22.8. The number of carboxylic acid groups (broad SMARTS) is 1. The molecule has 0 aromatic rings. The van der Waals surface area contributed by atoms with Gasteiger partial charge in [-0.25, -0.2) is 0 Å². The van der Waals surface area contributed by atoms with Crippen LogP contribution in [0.4, 0.5) is 0 Å². The van der Waals surface area contributed by atoms with Crippen LogP contribution >= 0.6 is 0 Å². The van der Waals surface area contributed by atoms with E-state index in [1.54, 1.807) is 0 Å². The van der Waals surface area contributed by atoms with E-state index < -0.39 is 5.97 Å². The minimum atomic E-state index is -0.930. The molecule has 0 radical (unpaired) electrons. The van der Waals surface area contributed by atoms with Gasteiger partial charge in [-0.3, -0.25) is 9.59 Å². The van der Waals surface area contributed by atoms with Crippen molar-refractivity contribution in [1.82, 2.24) is 0 Å². The lowest BCUT2D eigenvalue weighted by molar-refractivity contribution is -0.146. The Morgan fingerprint density at radius 1 is 0.593 bits per heavy atom. The minimum absolute atomic E-state index is 0.00682. The molecule has 0 atom stereocenters. The Morgan fingerprint density at radius 2 is 0.963 bits per heavy atom. The van der Waals surface area contributed by atoms with E-state index in [1.807, 2.05) is 0 Å². The maximum Gasteiger partial charge on any atom is 0.306 e. The number of ether oxygens (including phenoxy) is 1. The van der Waals surface area contributed by atoms with Gasteiger partial charge in [0, 0.05) is 6.42 Å². The summed E-state index contributed by atoms with van der Waals surface area (Å²) in [6, 6.07) is 0. The van der Waals surface area contributed by atoms with Gasteiger partial charge < -0.3 is 9.84 Å². The normalized spacial score (nSPS) is 10.9. The molecule has 0 aliphatic heterocycles. The zero-order valence-electron chi connectivity index (χ0n) is 17.8. The summed E-state index contributed by atoms with van der Waals surface area (Å²) in [5.41, 5.74) is 0. The molecule has 4 nitrogen and oxygen atoms in total. The first-order valence-electron chi connectivity index (χ1n) is 11.5. The van der Waals surface area contributed by atoms with E-state index in [2.05, 4.69) is 6.92 Å². The minimum Gasteiger partial charge on any atom is -0.481 e. The van der Waals surface area contributed by atoms with E-state index in [-0.39, 0.29) is 19.0 Å². The van der Waals surface area contributed by atoms with Gasteiger partial charge >= 0.3 is 11.9 Å². The van der Waals surface area contributed by atoms with Crippen molar-refractivity contribution in [2.45, 2.75) is 129 Å². The molecule has 0 heterocycles. The van der Waals surface area contributed by atoms with E-state index in [4.69, 9.17) is 9.84 Å². The second kappa shape index (κ2) is 21.2. The molecule has 0 aliphatic carbocycles. The van der Waals surface area contributed by atoms with Gasteiger partial charge in [0.1, 0.15) is 6.61 Å². The van der Waals surface area contributed by atoms with Gasteiger partial charge in [0.2, 0.25) is 0 Å². The number of carbonyl (C=O) groups is 2. The average molecular weight is 385 g/mol. The Kier molecular flexibility index (Phi) is 20.4. The smallest absolute Gasteiger partial charge is 0.306 e. The first-order chi connectivity index (χ1) is 13.2. The summed E-state index contributed by atoms with van der Waals surface area (Å²) in [6.45, 7) is 2.26. The standard InChI is InChI=1S/C23H44O4/c1-2-3-4-5-6-7-8-9-10-11-12-13-14-15-16-17-18-19-23(26)27-21-20-22(24)25/h2-21H2,1H3,(H,24,25). The number of aliphatic carboxylic acids is 1. The fourth-order valence-electron chi connectivity index (χ4n) is 3.32. The number of carbonyl (C=O) groups excluding carboxylic acids is 1. The van der Waals surface area contributed by atoms with Crippen LogP contribution < -0.4 is 0 Å². The molecule has 0 spiro atoms. The molecule has 1 N–H and O–H groups in total. The van der Waals surface area contributed by atoms with E-state index in [0.29, 0.717) is 6.42 Å². The van der Waals surface area contributed by atoms with Crippen molar-refractivity contribution >= 4 is 11.9 Å². The molecule has 0 bridgehead atoms. The lowest BCUT2D eigenvalue weighted by Crippen LogP contribution is -2.08. The molecule has 160 valence electrons. The quantitative estimate of drug-likeness (QED) is 0.170. The summed E-state index contributed by atoms with van der Waals surface area (Å²) in [4.78, 5) is 21.7. The highest BCUT2D eigenvalue weighted by Crippen LogP contribution is 2.14. The predicted molar refractivity (Wildman–Crippen MR) is 112 cm³/mol. The van der Waals surface area contributed by atoms with E-state index >= 15 is 0 Å². The average Bonchev–Trinajstić information content (AvgIpc) is 2.64. The van der Waals surface area contributed by atoms with Crippen molar-refractivity contribution < 1.29 is 19.4 Å². The second-order valence-electron chi connectivity index (χ2n) is 7.77. The summed E-state index contributed by atoms with van der Waals surface area (Å²) < 4.78 is 4.86. The summed E-state index contributed by atoms with van der Waals surface area (Å²) in [7, 11) is 0. The largest absolute Gasteiger partial charge is 0.481 e. The molecule has 27 heavy (non-hydrogen) atoms. The SMILES string of the molecule is CCCCCCCCCCCCCCCCCCCC(=O)OCCC(=O)O. The van der Waals surface area contributed by atoms with Crippen LogP contribution in [-0.4, -0.2) is 23.7 Å². The molecular formula is C23H44O4. The maximum atomic E-state index is 11.4. The Morgan fingerprint density at radius 3 is 1.33 bits per heavy atom. The molecule has 0 rings (SSSR count). The van der Waals surface area contributed by atoms with Crippen molar-refractivity contribution in [1.29, 1.82) is 0 Å². The number of hydrogen-bond acceptors (Lipinski definition) is 3. The summed E-state index contributed by atoms with van der Waals surface area (Å²) in [5, 5.41) is 8.47. The van der Waals surface area contributed by atoms with Crippen LogP contribution in [0.5, 0.6) is 0 Å². The third-order valence-electron chi connectivity index (χ3n) is 5.06. The Hall–Kier alpha value is -1.06. The summed E-state index contributed by atoms with van der Waals surface area (Å²) >= 11 is 0. The predicted octanol–water partition coefficient (Wildman–Crippen LogP) is 7.05. The Balaban J connectivity index is 3.10.